The van der Waals surface area contributed by atoms with Crippen LogP contribution in [0.2, 0.25) is 5.02 Å². The van der Waals surface area contributed by atoms with Crippen LogP contribution in [0.4, 0.5) is 0 Å². The van der Waals surface area contributed by atoms with Crippen molar-refractivity contribution in [2.75, 3.05) is 26.2 Å². The summed E-state index contributed by atoms with van der Waals surface area (Å²) in [6.07, 6.45) is 5.48. The zero-order chi connectivity index (χ0) is 16.3. The molecule has 1 aromatic rings. The molecular weight excluding hydrogens is 310 g/mol. The second-order valence-corrected chi connectivity index (χ2v) is 7.35. The summed E-state index contributed by atoms with van der Waals surface area (Å²) in [4.78, 5) is 13.5. The van der Waals surface area contributed by atoms with Crippen molar-refractivity contribution in [3.05, 3.63) is 34.9 Å². The van der Waals surface area contributed by atoms with Crippen LogP contribution in [0.5, 0.6) is 0 Å². The van der Waals surface area contributed by atoms with E-state index in [0.717, 1.165) is 56.6 Å². The van der Waals surface area contributed by atoms with Crippen molar-refractivity contribution >= 4 is 17.9 Å². The van der Waals surface area contributed by atoms with E-state index in [9.17, 15) is 4.79 Å². The number of hydrogen-bond donors (Lipinski definition) is 2. The Morgan fingerprint density at radius 2 is 2.17 bits per heavy atom. The molecule has 2 fully saturated rings. The first-order valence-electron chi connectivity index (χ1n) is 8.56. The van der Waals surface area contributed by atoms with Crippen LogP contribution in [0, 0.1) is 0 Å². The number of hydrogen-bond acceptors (Lipinski definition) is 4. The lowest BCUT2D eigenvalue weighted by molar-refractivity contribution is -0.110. The van der Waals surface area contributed by atoms with Crippen molar-refractivity contribution < 1.29 is 4.79 Å². The molecule has 1 heterocycles. The number of nitrogens with one attached hydrogen (secondary N) is 1. The number of halogens is 1. The highest BCUT2D eigenvalue weighted by molar-refractivity contribution is 6.30. The van der Waals surface area contributed by atoms with Crippen molar-refractivity contribution in [2.45, 2.75) is 43.2 Å². The third-order valence-corrected chi connectivity index (χ3v) is 5.89. The molecule has 1 saturated carbocycles. The molecule has 2 aliphatic rings. The third kappa shape index (κ3) is 3.61. The van der Waals surface area contributed by atoms with Gasteiger partial charge in [0, 0.05) is 42.7 Å². The number of nitrogens with zero attached hydrogens (tertiary/aromatic N) is 1. The first-order valence-corrected chi connectivity index (χ1v) is 8.93. The monoisotopic (exact) mass is 335 g/mol. The molecule has 0 radical (unpaired) electrons. The second-order valence-electron chi connectivity index (χ2n) is 6.92. The van der Waals surface area contributed by atoms with Gasteiger partial charge in [0.1, 0.15) is 6.29 Å². The van der Waals surface area contributed by atoms with E-state index < -0.39 is 0 Å². The first kappa shape index (κ1) is 16.9. The van der Waals surface area contributed by atoms with Crippen molar-refractivity contribution in [1.29, 1.82) is 0 Å². The van der Waals surface area contributed by atoms with Crippen LogP contribution in [-0.2, 0) is 10.2 Å². The Morgan fingerprint density at radius 3 is 2.83 bits per heavy atom. The molecule has 1 atom stereocenters. The van der Waals surface area contributed by atoms with E-state index >= 15 is 0 Å². The highest BCUT2D eigenvalue weighted by Gasteiger charge is 2.38. The van der Waals surface area contributed by atoms with Crippen LogP contribution in [-0.4, -0.2) is 49.4 Å². The van der Waals surface area contributed by atoms with E-state index in [1.165, 1.54) is 5.56 Å². The average Bonchev–Trinajstić information content (AvgIpc) is 2.62. The molecule has 1 aromatic carbocycles. The number of aldehydes is 1. The summed E-state index contributed by atoms with van der Waals surface area (Å²) in [6.45, 7) is 3.43. The van der Waals surface area contributed by atoms with Crippen molar-refractivity contribution in [3.8, 4) is 0 Å². The van der Waals surface area contributed by atoms with Gasteiger partial charge in [-0.1, -0.05) is 23.7 Å². The quantitative estimate of drug-likeness (QED) is 0.826. The lowest BCUT2D eigenvalue weighted by Crippen LogP contribution is -2.56. The number of carbonyl (C=O) groups excluding carboxylic acids is 1. The van der Waals surface area contributed by atoms with Crippen LogP contribution < -0.4 is 11.1 Å². The van der Waals surface area contributed by atoms with Gasteiger partial charge in [-0.15, -0.1) is 0 Å². The van der Waals surface area contributed by atoms with Crippen LogP contribution >= 0.6 is 11.6 Å². The Balaban J connectivity index is 1.67. The average molecular weight is 336 g/mol. The maximum absolute atomic E-state index is 11.0. The first-order chi connectivity index (χ1) is 11.2. The van der Waals surface area contributed by atoms with Gasteiger partial charge < -0.3 is 15.8 Å². The number of piperazine rings is 1. The van der Waals surface area contributed by atoms with Crippen molar-refractivity contribution in [2.24, 2.45) is 5.73 Å². The highest BCUT2D eigenvalue weighted by atomic mass is 35.5. The van der Waals surface area contributed by atoms with E-state index in [1.807, 2.05) is 12.1 Å². The van der Waals surface area contributed by atoms with Gasteiger partial charge in [-0.2, -0.15) is 0 Å². The number of nitrogens with two attached hydrogens (primary N) is 1. The van der Waals surface area contributed by atoms with Crippen molar-refractivity contribution in [3.63, 3.8) is 0 Å². The molecular formula is C18H26ClN3O. The molecule has 0 amide bonds. The molecule has 4 nitrogen and oxygen atoms in total. The molecule has 1 aliphatic heterocycles. The Kier molecular flexibility index (Phi) is 5.37. The summed E-state index contributed by atoms with van der Waals surface area (Å²) in [7, 11) is 0. The Labute approximate surface area is 143 Å². The predicted octanol–water partition coefficient (Wildman–Crippen LogP) is 1.95. The zero-order valence-corrected chi connectivity index (χ0v) is 14.3. The second kappa shape index (κ2) is 7.31. The molecule has 0 spiro atoms. The van der Waals surface area contributed by atoms with Gasteiger partial charge in [-0.25, -0.2) is 0 Å². The fourth-order valence-electron chi connectivity index (χ4n) is 4.17. The van der Waals surface area contributed by atoms with Gasteiger partial charge in [-0.3, -0.25) is 4.90 Å². The van der Waals surface area contributed by atoms with Gasteiger partial charge in [0.25, 0.3) is 0 Å². The zero-order valence-electron chi connectivity index (χ0n) is 13.5. The van der Waals surface area contributed by atoms with Gasteiger partial charge in [0.05, 0.1) is 6.04 Å². The van der Waals surface area contributed by atoms with E-state index in [0.29, 0.717) is 12.6 Å². The van der Waals surface area contributed by atoms with E-state index in [1.54, 1.807) is 0 Å². The largest absolute Gasteiger partial charge is 0.330 e. The Hall–Kier alpha value is -0.940. The van der Waals surface area contributed by atoms with E-state index in [4.69, 9.17) is 17.3 Å². The summed E-state index contributed by atoms with van der Waals surface area (Å²) in [5, 5.41) is 4.04. The van der Waals surface area contributed by atoms with Crippen LogP contribution in [0.1, 0.15) is 31.2 Å². The number of rotatable bonds is 4. The molecule has 1 unspecified atom stereocenters. The summed E-state index contributed by atoms with van der Waals surface area (Å²) in [5.74, 6) is 0. The molecule has 1 saturated heterocycles. The lowest BCUT2D eigenvalue weighted by atomic mass is 9.68. The van der Waals surface area contributed by atoms with Crippen LogP contribution in [0.25, 0.3) is 0 Å². The van der Waals surface area contributed by atoms with Crippen LogP contribution in [0.3, 0.4) is 0 Å². The summed E-state index contributed by atoms with van der Waals surface area (Å²) in [6, 6.07) is 8.72. The van der Waals surface area contributed by atoms with Gasteiger partial charge in [0.2, 0.25) is 0 Å². The fourth-order valence-corrected chi connectivity index (χ4v) is 4.36. The third-order valence-electron chi connectivity index (χ3n) is 5.66. The van der Waals surface area contributed by atoms with E-state index in [-0.39, 0.29) is 11.5 Å². The van der Waals surface area contributed by atoms with E-state index in [2.05, 4.69) is 22.3 Å². The summed E-state index contributed by atoms with van der Waals surface area (Å²) >= 11 is 6.18. The normalized spacial score (nSPS) is 32.6. The van der Waals surface area contributed by atoms with Crippen LogP contribution in [0.15, 0.2) is 24.3 Å². The predicted molar refractivity (Wildman–Crippen MR) is 93.9 cm³/mol. The molecule has 0 bridgehead atoms. The standard InChI is InChI=1S/C18H26ClN3O/c19-15-3-1-2-14(10-15)18(13-20)6-4-17(5-7-18)22-9-8-21-16(11-22)12-23/h1-3,10,12,16-17,21H,4-9,11,13,20H2. The highest BCUT2D eigenvalue weighted by Crippen LogP contribution is 2.40. The summed E-state index contributed by atoms with van der Waals surface area (Å²) < 4.78 is 0. The van der Waals surface area contributed by atoms with Gasteiger partial charge >= 0.3 is 0 Å². The molecule has 3 rings (SSSR count). The van der Waals surface area contributed by atoms with Gasteiger partial charge in [-0.05, 0) is 43.4 Å². The van der Waals surface area contributed by atoms with Crippen molar-refractivity contribution in [1.82, 2.24) is 10.2 Å². The molecule has 3 N–H and O–H groups in total. The minimum Gasteiger partial charge on any atom is -0.330 e. The number of benzene rings is 1. The molecule has 23 heavy (non-hydrogen) atoms. The molecule has 0 aromatic heterocycles. The topological polar surface area (TPSA) is 58.4 Å². The molecule has 5 heteroatoms. The number of carbonyl (C=O) groups is 1. The summed E-state index contributed by atoms with van der Waals surface area (Å²) in [5.41, 5.74) is 7.50. The Bertz CT molecular complexity index is 543. The smallest absolute Gasteiger partial charge is 0.138 e. The molecule has 126 valence electrons. The maximum Gasteiger partial charge on any atom is 0.138 e. The fraction of sp³-hybridized carbons (Fsp3) is 0.611. The SMILES string of the molecule is NCC1(c2cccc(Cl)c2)CCC(N2CCNC(C=O)C2)CC1. The maximum atomic E-state index is 11.0. The lowest BCUT2D eigenvalue weighted by Gasteiger charge is -2.45. The minimum atomic E-state index is -0.0159. The Morgan fingerprint density at radius 1 is 1.39 bits per heavy atom. The minimum absolute atomic E-state index is 0.0159. The van der Waals surface area contributed by atoms with Gasteiger partial charge in [0.15, 0.2) is 0 Å². The molecule has 1 aliphatic carbocycles.